The molecule has 4 nitrogen and oxygen atoms in total. The van der Waals surface area contributed by atoms with Crippen molar-refractivity contribution in [3.8, 4) is 0 Å². The molecule has 1 rings (SSSR count). The Bertz CT molecular complexity index is 243. The highest BCUT2D eigenvalue weighted by molar-refractivity contribution is 5.79. The van der Waals surface area contributed by atoms with Gasteiger partial charge in [-0.25, -0.2) is 0 Å². The van der Waals surface area contributed by atoms with Crippen molar-refractivity contribution in [3.63, 3.8) is 0 Å². The van der Waals surface area contributed by atoms with Gasteiger partial charge >= 0.3 is 0 Å². The van der Waals surface area contributed by atoms with Crippen LogP contribution in [0.3, 0.4) is 0 Å². The number of carbonyl (C=O) groups is 1. The van der Waals surface area contributed by atoms with E-state index >= 15 is 0 Å². The fraction of sp³-hybridized carbons (Fsp3) is 0.923. The number of hydrogen-bond acceptors (Lipinski definition) is 3. The van der Waals surface area contributed by atoms with Crippen LogP contribution in [0.1, 0.15) is 26.7 Å². The SMILES string of the molecule is CC(C)C(CN)C(=O)NCC1CCCN(C)C1. The molecule has 0 aromatic carbocycles. The van der Waals surface area contributed by atoms with Crippen molar-refractivity contribution < 1.29 is 4.79 Å². The zero-order valence-electron chi connectivity index (χ0n) is 11.4. The summed E-state index contributed by atoms with van der Waals surface area (Å²) in [4.78, 5) is 14.3. The van der Waals surface area contributed by atoms with E-state index < -0.39 is 0 Å². The quantitative estimate of drug-likeness (QED) is 0.744. The molecule has 100 valence electrons. The third-order valence-corrected chi connectivity index (χ3v) is 3.68. The highest BCUT2D eigenvalue weighted by Gasteiger charge is 2.22. The van der Waals surface area contributed by atoms with E-state index in [4.69, 9.17) is 5.73 Å². The molecule has 1 saturated heterocycles. The molecule has 4 heteroatoms. The average molecular weight is 241 g/mol. The third-order valence-electron chi connectivity index (χ3n) is 3.68. The lowest BCUT2D eigenvalue weighted by molar-refractivity contribution is -0.126. The van der Waals surface area contributed by atoms with Crippen LogP contribution in [0.2, 0.25) is 0 Å². The molecular formula is C13H27N3O. The summed E-state index contributed by atoms with van der Waals surface area (Å²) in [6, 6.07) is 0. The molecule has 2 unspecified atom stereocenters. The van der Waals surface area contributed by atoms with Crippen LogP contribution in [-0.2, 0) is 4.79 Å². The van der Waals surface area contributed by atoms with Gasteiger partial charge in [0.1, 0.15) is 0 Å². The highest BCUT2D eigenvalue weighted by Crippen LogP contribution is 2.15. The van der Waals surface area contributed by atoms with Crippen LogP contribution < -0.4 is 11.1 Å². The van der Waals surface area contributed by atoms with Crippen LogP contribution in [0, 0.1) is 17.8 Å². The molecule has 1 amide bonds. The molecule has 17 heavy (non-hydrogen) atoms. The van der Waals surface area contributed by atoms with Gasteiger partial charge < -0.3 is 16.0 Å². The Morgan fingerprint density at radius 1 is 1.53 bits per heavy atom. The molecule has 1 heterocycles. The topological polar surface area (TPSA) is 58.4 Å². The number of carbonyl (C=O) groups excluding carboxylic acids is 1. The Labute approximate surface area is 105 Å². The van der Waals surface area contributed by atoms with Gasteiger partial charge in [-0.3, -0.25) is 4.79 Å². The van der Waals surface area contributed by atoms with Crippen molar-refractivity contribution in [2.75, 3.05) is 33.2 Å². The second-order valence-corrected chi connectivity index (χ2v) is 5.60. The number of nitrogens with two attached hydrogens (primary N) is 1. The zero-order valence-corrected chi connectivity index (χ0v) is 11.4. The molecule has 1 aliphatic heterocycles. The Balaban J connectivity index is 2.31. The fourth-order valence-electron chi connectivity index (χ4n) is 2.50. The number of rotatable bonds is 5. The molecule has 0 aromatic heterocycles. The molecule has 2 atom stereocenters. The minimum absolute atomic E-state index is 0.0451. The standard InChI is InChI=1S/C13H27N3O/c1-10(2)12(7-14)13(17)15-8-11-5-4-6-16(3)9-11/h10-12H,4-9,14H2,1-3H3,(H,15,17). The lowest BCUT2D eigenvalue weighted by atomic mass is 9.94. The predicted molar refractivity (Wildman–Crippen MR) is 70.6 cm³/mol. The summed E-state index contributed by atoms with van der Waals surface area (Å²) in [6.07, 6.45) is 2.46. The van der Waals surface area contributed by atoms with Crippen molar-refractivity contribution >= 4 is 5.91 Å². The summed E-state index contributed by atoms with van der Waals surface area (Å²) in [6.45, 7) is 7.61. The Morgan fingerprint density at radius 3 is 2.76 bits per heavy atom. The van der Waals surface area contributed by atoms with E-state index in [0.29, 0.717) is 18.4 Å². The molecule has 0 aliphatic carbocycles. The Hall–Kier alpha value is -0.610. The van der Waals surface area contributed by atoms with Crippen LogP contribution in [0.25, 0.3) is 0 Å². The maximum atomic E-state index is 11.9. The van der Waals surface area contributed by atoms with Crippen molar-refractivity contribution in [3.05, 3.63) is 0 Å². The van der Waals surface area contributed by atoms with Gasteiger partial charge in [0.05, 0.1) is 5.92 Å². The van der Waals surface area contributed by atoms with Gasteiger partial charge in [-0.15, -0.1) is 0 Å². The van der Waals surface area contributed by atoms with Gasteiger partial charge in [-0.05, 0) is 38.3 Å². The molecule has 0 spiro atoms. The van der Waals surface area contributed by atoms with Crippen molar-refractivity contribution in [1.82, 2.24) is 10.2 Å². The minimum atomic E-state index is -0.0451. The van der Waals surface area contributed by atoms with Gasteiger partial charge in [0, 0.05) is 19.6 Å². The smallest absolute Gasteiger partial charge is 0.224 e. The number of likely N-dealkylation sites (tertiary alicyclic amines) is 1. The van der Waals surface area contributed by atoms with Crippen LogP contribution in [0.15, 0.2) is 0 Å². The van der Waals surface area contributed by atoms with Crippen molar-refractivity contribution in [2.45, 2.75) is 26.7 Å². The summed E-state index contributed by atoms with van der Waals surface area (Å²) in [5, 5.41) is 3.06. The van der Waals surface area contributed by atoms with E-state index in [2.05, 4.69) is 17.3 Å². The molecule has 1 aliphatic rings. The van der Waals surface area contributed by atoms with Gasteiger partial charge in [-0.2, -0.15) is 0 Å². The number of hydrogen-bond donors (Lipinski definition) is 2. The monoisotopic (exact) mass is 241 g/mol. The lowest BCUT2D eigenvalue weighted by Gasteiger charge is -2.30. The van der Waals surface area contributed by atoms with Gasteiger partial charge in [-0.1, -0.05) is 13.8 Å². The van der Waals surface area contributed by atoms with Crippen LogP contribution in [0.4, 0.5) is 0 Å². The van der Waals surface area contributed by atoms with Crippen LogP contribution in [0.5, 0.6) is 0 Å². The highest BCUT2D eigenvalue weighted by atomic mass is 16.1. The first-order chi connectivity index (χ1) is 8.04. The summed E-state index contributed by atoms with van der Waals surface area (Å²) < 4.78 is 0. The molecular weight excluding hydrogens is 214 g/mol. The average Bonchev–Trinajstić information content (AvgIpc) is 2.27. The molecule has 3 N–H and O–H groups in total. The third kappa shape index (κ3) is 4.64. The summed E-state index contributed by atoms with van der Waals surface area (Å²) >= 11 is 0. The molecule has 1 fully saturated rings. The van der Waals surface area contributed by atoms with Crippen molar-refractivity contribution in [1.29, 1.82) is 0 Å². The maximum absolute atomic E-state index is 11.9. The maximum Gasteiger partial charge on any atom is 0.224 e. The summed E-state index contributed by atoms with van der Waals surface area (Å²) in [5.74, 6) is 0.990. The van der Waals surface area contributed by atoms with Gasteiger partial charge in [0.15, 0.2) is 0 Å². The van der Waals surface area contributed by atoms with E-state index in [1.165, 1.54) is 19.4 Å². The summed E-state index contributed by atoms with van der Waals surface area (Å²) in [7, 11) is 2.14. The van der Waals surface area contributed by atoms with Crippen LogP contribution in [-0.4, -0.2) is 44.0 Å². The minimum Gasteiger partial charge on any atom is -0.355 e. The zero-order chi connectivity index (χ0) is 12.8. The van der Waals surface area contributed by atoms with Crippen LogP contribution >= 0.6 is 0 Å². The first-order valence-electron chi connectivity index (χ1n) is 6.71. The van der Waals surface area contributed by atoms with Gasteiger partial charge in [0.25, 0.3) is 0 Å². The lowest BCUT2D eigenvalue weighted by Crippen LogP contribution is -2.43. The first kappa shape index (κ1) is 14.5. The summed E-state index contributed by atoms with van der Waals surface area (Å²) in [5.41, 5.74) is 5.64. The first-order valence-corrected chi connectivity index (χ1v) is 6.71. The largest absolute Gasteiger partial charge is 0.355 e. The number of nitrogens with one attached hydrogen (secondary N) is 1. The van der Waals surface area contributed by atoms with Crippen molar-refractivity contribution in [2.24, 2.45) is 23.5 Å². The predicted octanol–water partition coefficient (Wildman–Crippen LogP) is 0.675. The fourth-order valence-corrected chi connectivity index (χ4v) is 2.50. The normalized spacial score (nSPS) is 23.7. The number of nitrogens with zero attached hydrogens (tertiary/aromatic N) is 1. The van der Waals surface area contributed by atoms with E-state index in [-0.39, 0.29) is 11.8 Å². The molecule has 0 saturated carbocycles. The molecule has 0 radical (unpaired) electrons. The van der Waals surface area contributed by atoms with E-state index in [9.17, 15) is 4.79 Å². The number of piperidine rings is 1. The second-order valence-electron chi connectivity index (χ2n) is 5.60. The second kappa shape index (κ2) is 6.97. The Morgan fingerprint density at radius 2 is 2.24 bits per heavy atom. The van der Waals surface area contributed by atoms with Gasteiger partial charge in [0.2, 0.25) is 5.91 Å². The Kier molecular flexibility index (Phi) is 5.92. The van der Waals surface area contributed by atoms with E-state index in [1.54, 1.807) is 0 Å². The van der Waals surface area contributed by atoms with E-state index in [0.717, 1.165) is 13.1 Å². The molecule has 0 bridgehead atoms. The number of amides is 1. The molecule has 0 aromatic rings. The van der Waals surface area contributed by atoms with E-state index in [1.807, 2.05) is 13.8 Å².